The second-order valence-electron chi connectivity index (χ2n) is 2.52. The Labute approximate surface area is 68.7 Å². The first-order valence-electron chi connectivity index (χ1n) is 3.50. The number of para-hydroxylation sites is 1. The lowest BCUT2D eigenvalue weighted by Gasteiger charge is -2.16. The topological polar surface area (TPSA) is 61.9 Å². The van der Waals surface area contributed by atoms with E-state index >= 15 is 0 Å². The van der Waals surface area contributed by atoms with Gasteiger partial charge in [0.15, 0.2) is 12.2 Å². The van der Waals surface area contributed by atoms with Crippen molar-refractivity contribution in [2.45, 2.75) is 6.54 Å². The minimum atomic E-state index is 0.259. The Bertz CT molecular complexity index is 337. The Morgan fingerprint density at radius 2 is 2.25 bits per heavy atom. The van der Waals surface area contributed by atoms with Crippen LogP contribution in [0.25, 0.3) is 0 Å². The van der Waals surface area contributed by atoms with E-state index in [1.807, 2.05) is 6.07 Å². The smallest absolute Gasteiger partial charge is 0.172 e. The lowest BCUT2D eigenvalue weighted by atomic mass is 10.2. The molecule has 2 rings (SSSR count). The second-order valence-corrected chi connectivity index (χ2v) is 2.52. The third-order valence-electron chi connectivity index (χ3n) is 1.69. The van der Waals surface area contributed by atoms with Crippen LogP contribution in [0.15, 0.2) is 29.5 Å². The van der Waals surface area contributed by atoms with Crippen molar-refractivity contribution < 1.29 is 10.1 Å². The molecule has 0 aliphatic carbocycles. The van der Waals surface area contributed by atoms with Gasteiger partial charge in [-0.15, -0.1) is 4.86 Å². The quantitative estimate of drug-likeness (QED) is 0.467. The van der Waals surface area contributed by atoms with E-state index in [0.29, 0.717) is 15.7 Å². The first kappa shape index (κ1) is 7.05. The summed E-state index contributed by atoms with van der Waals surface area (Å²) in [6.45, 7) is 0.259. The van der Waals surface area contributed by atoms with Crippen molar-refractivity contribution in [1.29, 1.82) is 0 Å². The molecule has 0 spiro atoms. The van der Waals surface area contributed by atoms with Crippen LogP contribution in [0, 0.1) is 5.21 Å². The van der Waals surface area contributed by atoms with Crippen LogP contribution in [0.4, 0.5) is 5.69 Å². The largest absolute Gasteiger partial charge is 0.691 e. The van der Waals surface area contributed by atoms with Crippen LogP contribution >= 0.6 is 0 Å². The van der Waals surface area contributed by atoms with E-state index in [4.69, 9.17) is 5.21 Å². The normalized spacial score (nSPS) is 15.4. The number of hydrogen-bond acceptors (Lipinski definition) is 4. The molecule has 5 heteroatoms. The number of rotatable bonds is 0. The third-order valence-corrected chi connectivity index (χ3v) is 1.69. The molecule has 5 nitrogen and oxygen atoms in total. The molecule has 62 valence electrons. The molecule has 0 atom stereocenters. The minimum absolute atomic E-state index is 0.259. The van der Waals surface area contributed by atoms with Gasteiger partial charge in [0.1, 0.15) is 5.22 Å². The first-order chi connectivity index (χ1) is 5.77. The molecular weight excluding hydrogens is 158 g/mol. The van der Waals surface area contributed by atoms with Gasteiger partial charge in [0.25, 0.3) is 0 Å². The van der Waals surface area contributed by atoms with E-state index in [0.717, 1.165) is 5.56 Å². The second kappa shape index (κ2) is 2.46. The van der Waals surface area contributed by atoms with Crippen LogP contribution in [0.5, 0.6) is 0 Å². The van der Waals surface area contributed by atoms with Gasteiger partial charge in [0.05, 0.1) is 0 Å². The van der Waals surface area contributed by atoms with Gasteiger partial charge in [-0.1, -0.05) is 18.2 Å². The van der Waals surface area contributed by atoms with Gasteiger partial charge in [0, 0.05) is 5.56 Å². The Morgan fingerprint density at radius 3 is 3.08 bits per heavy atom. The molecule has 0 aromatic heterocycles. The first-order valence-corrected chi connectivity index (χ1v) is 3.50. The molecule has 12 heavy (non-hydrogen) atoms. The summed E-state index contributed by atoms with van der Waals surface area (Å²) >= 11 is 0. The van der Waals surface area contributed by atoms with E-state index in [-0.39, 0.29) is 6.54 Å². The van der Waals surface area contributed by atoms with Crippen molar-refractivity contribution in [1.82, 2.24) is 5.17 Å². The highest BCUT2D eigenvalue weighted by Crippen LogP contribution is 2.23. The Kier molecular flexibility index (Phi) is 1.44. The van der Waals surface area contributed by atoms with Crippen LogP contribution in [-0.4, -0.2) is 15.2 Å². The summed E-state index contributed by atoms with van der Waals surface area (Å²) in [5.41, 5.74) is 1.26. The predicted molar refractivity (Wildman–Crippen MR) is 39.5 cm³/mol. The molecular formula is C7H7N3O2. The van der Waals surface area contributed by atoms with Crippen molar-refractivity contribution in [3.8, 4) is 0 Å². The molecule has 0 unspecified atom stereocenters. The highest BCUT2D eigenvalue weighted by molar-refractivity contribution is 5.39. The fourth-order valence-electron chi connectivity index (χ4n) is 1.16. The third kappa shape index (κ3) is 0.998. The van der Waals surface area contributed by atoms with Gasteiger partial charge in [-0.3, -0.25) is 0 Å². The van der Waals surface area contributed by atoms with Crippen LogP contribution in [-0.2, 0) is 6.54 Å². The molecule has 1 aromatic rings. The Hall–Kier alpha value is -1.62. The maximum atomic E-state index is 11.0. The molecule has 1 aromatic carbocycles. The SMILES string of the molecule is [O-][N+]1=NN(O)Cc2ccccc21. The molecule has 0 amide bonds. The van der Waals surface area contributed by atoms with Crippen LogP contribution < -0.4 is 0 Å². The summed E-state index contributed by atoms with van der Waals surface area (Å²) in [5.74, 6) is 0. The lowest BCUT2D eigenvalue weighted by Crippen LogP contribution is -2.19. The highest BCUT2D eigenvalue weighted by Gasteiger charge is 2.19. The molecule has 0 saturated heterocycles. The summed E-state index contributed by atoms with van der Waals surface area (Å²) in [6.07, 6.45) is 0. The van der Waals surface area contributed by atoms with E-state index in [2.05, 4.69) is 5.22 Å². The van der Waals surface area contributed by atoms with Gasteiger partial charge < -0.3 is 5.21 Å². The summed E-state index contributed by atoms with van der Waals surface area (Å²) < 4.78 is 0. The zero-order valence-corrected chi connectivity index (χ0v) is 6.21. The average molecular weight is 165 g/mol. The number of nitrogens with zero attached hydrogens (tertiary/aromatic N) is 3. The predicted octanol–water partition coefficient (Wildman–Crippen LogP) is 1.40. The summed E-state index contributed by atoms with van der Waals surface area (Å²) in [4.78, 5) is 0.402. The van der Waals surface area contributed by atoms with Gasteiger partial charge in [-0.25, -0.2) is 0 Å². The number of hydroxylamine groups is 1. The summed E-state index contributed by atoms with van der Waals surface area (Å²) in [6, 6.07) is 7.01. The van der Waals surface area contributed by atoms with E-state index in [9.17, 15) is 5.21 Å². The van der Waals surface area contributed by atoms with Gasteiger partial charge >= 0.3 is 0 Å². The van der Waals surface area contributed by atoms with Crippen molar-refractivity contribution in [2.24, 2.45) is 5.22 Å². The highest BCUT2D eigenvalue weighted by atomic mass is 16.6. The van der Waals surface area contributed by atoms with E-state index in [1.165, 1.54) is 0 Å². The van der Waals surface area contributed by atoms with Gasteiger partial charge in [0.2, 0.25) is 0 Å². The van der Waals surface area contributed by atoms with E-state index < -0.39 is 0 Å². The van der Waals surface area contributed by atoms with Crippen molar-refractivity contribution in [3.05, 3.63) is 35.0 Å². The molecule has 1 N–H and O–H groups in total. The maximum absolute atomic E-state index is 11.0. The zero-order valence-electron chi connectivity index (χ0n) is 6.21. The van der Waals surface area contributed by atoms with Gasteiger partial charge in [-0.05, 0) is 11.2 Å². The fourth-order valence-corrected chi connectivity index (χ4v) is 1.16. The average Bonchev–Trinajstić information content (AvgIpc) is 2.04. The van der Waals surface area contributed by atoms with E-state index in [1.54, 1.807) is 18.2 Å². The number of fused-ring (bicyclic) bond motifs is 1. The van der Waals surface area contributed by atoms with Crippen molar-refractivity contribution in [3.63, 3.8) is 0 Å². The molecule has 0 radical (unpaired) electrons. The number of hydrogen-bond donors (Lipinski definition) is 1. The Balaban J connectivity index is 2.53. The molecule has 0 saturated carbocycles. The van der Waals surface area contributed by atoms with Crippen LogP contribution in [0.3, 0.4) is 0 Å². The molecule has 1 aliphatic heterocycles. The van der Waals surface area contributed by atoms with Crippen LogP contribution in [0.2, 0.25) is 0 Å². The monoisotopic (exact) mass is 165 g/mol. The maximum Gasteiger partial charge on any atom is 0.172 e. The summed E-state index contributed by atoms with van der Waals surface area (Å²) in [5, 5.41) is 23.9. The lowest BCUT2D eigenvalue weighted by molar-refractivity contribution is -0.489. The standard InChI is InChI=1S/C7H7N3O2/c11-9-5-6-3-1-2-4-7(6)10(12)8-9/h1-4,11H,5H2. The Morgan fingerprint density at radius 1 is 1.50 bits per heavy atom. The summed E-state index contributed by atoms with van der Waals surface area (Å²) in [7, 11) is 0. The molecule has 1 aliphatic rings. The molecule has 1 heterocycles. The van der Waals surface area contributed by atoms with Crippen molar-refractivity contribution in [2.75, 3.05) is 0 Å². The van der Waals surface area contributed by atoms with Crippen molar-refractivity contribution >= 4 is 5.69 Å². The van der Waals surface area contributed by atoms with Crippen LogP contribution in [0.1, 0.15) is 5.56 Å². The zero-order chi connectivity index (χ0) is 8.55. The van der Waals surface area contributed by atoms with Gasteiger partial charge in [-0.2, -0.15) is 5.21 Å². The molecule has 0 bridgehead atoms. The number of benzene rings is 1. The minimum Gasteiger partial charge on any atom is -0.691 e. The fraction of sp³-hybridized carbons (Fsp3) is 0.143. The molecule has 0 fully saturated rings.